The standard InChI is InChI=1S/C13H19NO4/c15-11-12(16)18-14-9-5-4-8-13(14,17-11)10-6-2-1-3-7-10/h10H,1-9H2. The normalized spacial score (nSPS) is 34.7. The van der Waals surface area contributed by atoms with Gasteiger partial charge in [0, 0.05) is 18.9 Å². The molecule has 1 saturated carbocycles. The fourth-order valence-electron chi connectivity index (χ4n) is 3.56. The molecule has 5 nitrogen and oxygen atoms in total. The van der Waals surface area contributed by atoms with Crippen LogP contribution in [0, 0.1) is 5.92 Å². The molecule has 2 aliphatic heterocycles. The van der Waals surface area contributed by atoms with E-state index in [9.17, 15) is 9.59 Å². The highest BCUT2D eigenvalue weighted by Gasteiger charge is 2.55. The van der Waals surface area contributed by atoms with E-state index >= 15 is 0 Å². The summed E-state index contributed by atoms with van der Waals surface area (Å²) in [5, 5.41) is 1.65. The number of nitrogens with zero attached hydrogens (tertiary/aromatic N) is 1. The van der Waals surface area contributed by atoms with Gasteiger partial charge in [-0.1, -0.05) is 24.3 Å². The molecule has 18 heavy (non-hydrogen) atoms. The minimum atomic E-state index is -0.872. The largest absolute Gasteiger partial charge is 0.436 e. The third-order valence-electron chi connectivity index (χ3n) is 4.44. The number of carbonyl (C=O) groups excluding carboxylic acids is 2. The van der Waals surface area contributed by atoms with Crippen molar-refractivity contribution >= 4 is 11.9 Å². The monoisotopic (exact) mass is 253 g/mol. The van der Waals surface area contributed by atoms with E-state index in [1.165, 1.54) is 19.3 Å². The first-order valence-electron chi connectivity index (χ1n) is 6.95. The highest BCUT2D eigenvalue weighted by Crippen LogP contribution is 2.44. The third-order valence-corrected chi connectivity index (χ3v) is 4.44. The SMILES string of the molecule is O=C1ON2CCCCC2(C2CCCCC2)OC1=O. The maximum atomic E-state index is 11.6. The molecule has 3 aliphatic rings. The van der Waals surface area contributed by atoms with Crippen molar-refractivity contribution in [3.8, 4) is 0 Å². The van der Waals surface area contributed by atoms with Crippen LogP contribution >= 0.6 is 0 Å². The Bertz CT molecular complexity index is 364. The van der Waals surface area contributed by atoms with Gasteiger partial charge >= 0.3 is 11.9 Å². The molecule has 1 atom stereocenters. The molecule has 0 amide bonds. The minimum absolute atomic E-state index is 0.309. The summed E-state index contributed by atoms with van der Waals surface area (Å²) in [5.41, 5.74) is -0.663. The van der Waals surface area contributed by atoms with Crippen LogP contribution in [-0.4, -0.2) is 29.3 Å². The summed E-state index contributed by atoms with van der Waals surface area (Å²) in [6.45, 7) is 0.676. The van der Waals surface area contributed by atoms with Crippen molar-refractivity contribution in [3.63, 3.8) is 0 Å². The molecule has 0 bridgehead atoms. The van der Waals surface area contributed by atoms with Gasteiger partial charge in [-0.3, -0.25) is 0 Å². The molecule has 5 heteroatoms. The van der Waals surface area contributed by atoms with Crippen molar-refractivity contribution in [3.05, 3.63) is 0 Å². The molecule has 0 spiro atoms. The van der Waals surface area contributed by atoms with Crippen molar-refractivity contribution in [2.75, 3.05) is 6.54 Å². The van der Waals surface area contributed by atoms with E-state index in [1.54, 1.807) is 5.06 Å². The number of esters is 1. The van der Waals surface area contributed by atoms with Crippen LogP contribution in [0.3, 0.4) is 0 Å². The predicted octanol–water partition coefficient (Wildman–Crippen LogP) is 1.76. The molecule has 3 rings (SSSR count). The van der Waals surface area contributed by atoms with Gasteiger partial charge in [-0.15, -0.1) is 0 Å². The topological polar surface area (TPSA) is 55.8 Å². The molecule has 1 aliphatic carbocycles. The number of hydroxylamine groups is 2. The van der Waals surface area contributed by atoms with Crippen LogP contribution in [0.1, 0.15) is 51.4 Å². The Kier molecular flexibility index (Phi) is 3.01. The van der Waals surface area contributed by atoms with Crippen molar-refractivity contribution in [1.29, 1.82) is 0 Å². The number of fused-ring (bicyclic) bond motifs is 1. The van der Waals surface area contributed by atoms with Crippen LogP contribution in [0.2, 0.25) is 0 Å². The molecule has 1 unspecified atom stereocenters. The van der Waals surface area contributed by atoms with Crippen molar-refractivity contribution in [1.82, 2.24) is 5.06 Å². The number of carbonyl (C=O) groups is 2. The lowest BCUT2D eigenvalue weighted by atomic mass is 9.77. The predicted molar refractivity (Wildman–Crippen MR) is 62.0 cm³/mol. The average molecular weight is 253 g/mol. The molecular weight excluding hydrogens is 234 g/mol. The Labute approximate surface area is 106 Å². The molecule has 2 saturated heterocycles. The molecule has 2 heterocycles. The first-order valence-corrected chi connectivity index (χ1v) is 6.95. The van der Waals surface area contributed by atoms with Crippen LogP contribution < -0.4 is 0 Å². The Hall–Kier alpha value is -1.10. The highest BCUT2D eigenvalue weighted by molar-refractivity contribution is 6.30. The lowest BCUT2D eigenvalue weighted by Gasteiger charge is -2.51. The van der Waals surface area contributed by atoms with Gasteiger partial charge in [-0.2, -0.15) is 0 Å². The van der Waals surface area contributed by atoms with Gasteiger partial charge in [0.05, 0.1) is 0 Å². The second-order valence-corrected chi connectivity index (χ2v) is 5.51. The lowest BCUT2D eigenvalue weighted by molar-refractivity contribution is -0.335. The van der Waals surface area contributed by atoms with Gasteiger partial charge < -0.3 is 9.57 Å². The fourth-order valence-corrected chi connectivity index (χ4v) is 3.56. The van der Waals surface area contributed by atoms with Crippen LogP contribution in [0.15, 0.2) is 0 Å². The van der Waals surface area contributed by atoms with Gasteiger partial charge in [-0.25, -0.2) is 9.59 Å². The zero-order chi connectivity index (χ0) is 12.6. The van der Waals surface area contributed by atoms with Crippen LogP contribution in [0.4, 0.5) is 0 Å². The second kappa shape index (κ2) is 4.53. The second-order valence-electron chi connectivity index (χ2n) is 5.51. The first kappa shape index (κ1) is 12.0. The zero-order valence-corrected chi connectivity index (χ0v) is 10.5. The van der Waals surface area contributed by atoms with Crippen LogP contribution in [0.5, 0.6) is 0 Å². The molecule has 100 valence electrons. The van der Waals surface area contributed by atoms with E-state index in [-0.39, 0.29) is 0 Å². The summed E-state index contributed by atoms with van der Waals surface area (Å²) in [6.07, 6.45) is 8.51. The smallest absolute Gasteiger partial charge is 0.432 e. The summed E-state index contributed by atoms with van der Waals surface area (Å²) in [7, 11) is 0. The van der Waals surface area contributed by atoms with Crippen LogP contribution in [-0.2, 0) is 19.2 Å². The minimum Gasteiger partial charge on any atom is -0.432 e. The molecule has 0 N–H and O–H groups in total. The molecule has 0 radical (unpaired) electrons. The first-order chi connectivity index (χ1) is 8.72. The van der Waals surface area contributed by atoms with E-state index < -0.39 is 17.7 Å². The van der Waals surface area contributed by atoms with Crippen molar-refractivity contribution < 1.29 is 19.2 Å². The van der Waals surface area contributed by atoms with E-state index in [1.807, 2.05) is 0 Å². The van der Waals surface area contributed by atoms with E-state index in [4.69, 9.17) is 9.57 Å². The van der Waals surface area contributed by atoms with Crippen molar-refractivity contribution in [2.24, 2.45) is 5.92 Å². The van der Waals surface area contributed by atoms with Gasteiger partial charge in [0.2, 0.25) is 5.72 Å². The number of rotatable bonds is 1. The maximum Gasteiger partial charge on any atom is 0.436 e. The Morgan fingerprint density at radius 3 is 2.56 bits per heavy atom. The molecular formula is C13H19NO4. The number of hydrogen-bond donors (Lipinski definition) is 0. The molecule has 0 aromatic carbocycles. The summed E-state index contributed by atoms with van der Waals surface area (Å²) in [5.74, 6) is -1.38. The third kappa shape index (κ3) is 1.81. The quantitative estimate of drug-likeness (QED) is 0.526. The number of hydrogen-bond acceptors (Lipinski definition) is 5. The summed E-state index contributed by atoms with van der Waals surface area (Å²) in [6, 6.07) is 0. The van der Waals surface area contributed by atoms with E-state index in [0.717, 1.165) is 32.1 Å². The van der Waals surface area contributed by atoms with Gasteiger partial charge in [0.25, 0.3) is 0 Å². The van der Waals surface area contributed by atoms with E-state index in [0.29, 0.717) is 12.5 Å². The van der Waals surface area contributed by atoms with Gasteiger partial charge in [0.1, 0.15) is 0 Å². The lowest BCUT2D eigenvalue weighted by Crippen LogP contribution is -2.64. The summed E-state index contributed by atoms with van der Waals surface area (Å²) < 4.78 is 5.54. The summed E-state index contributed by atoms with van der Waals surface area (Å²) in [4.78, 5) is 28.1. The number of ether oxygens (including phenoxy) is 1. The molecule has 3 fully saturated rings. The van der Waals surface area contributed by atoms with Crippen molar-refractivity contribution in [2.45, 2.75) is 57.1 Å². The van der Waals surface area contributed by atoms with Gasteiger partial charge in [0.15, 0.2) is 0 Å². The van der Waals surface area contributed by atoms with E-state index in [2.05, 4.69) is 0 Å². The Morgan fingerprint density at radius 2 is 1.78 bits per heavy atom. The summed E-state index contributed by atoms with van der Waals surface area (Å²) >= 11 is 0. The fraction of sp³-hybridized carbons (Fsp3) is 0.846. The Balaban J connectivity index is 1.87. The van der Waals surface area contributed by atoms with Gasteiger partial charge in [-0.05, 0) is 25.7 Å². The number of piperidine rings is 1. The average Bonchev–Trinajstić information content (AvgIpc) is 2.41. The van der Waals surface area contributed by atoms with Crippen LogP contribution in [0.25, 0.3) is 0 Å². The zero-order valence-electron chi connectivity index (χ0n) is 10.5. The highest BCUT2D eigenvalue weighted by atomic mass is 16.8. The molecule has 0 aromatic rings. The molecule has 0 aromatic heterocycles. The maximum absolute atomic E-state index is 11.6. The Morgan fingerprint density at radius 1 is 1.00 bits per heavy atom.